The van der Waals surface area contributed by atoms with E-state index in [1.54, 1.807) is 0 Å². The van der Waals surface area contributed by atoms with Crippen molar-refractivity contribution in [1.29, 1.82) is 0 Å². The molecule has 0 radical (unpaired) electrons. The molecule has 2 saturated carbocycles. The lowest BCUT2D eigenvalue weighted by Crippen LogP contribution is -2.55. The van der Waals surface area contributed by atoms with E-state index in [1.165, 1.54) is 90.1 Å². The molecule has 0 aromatic heterocycles. The Hall–Kier alpha value is -0.0800. The van der Waals surface area contributed by atoms with Gasteiger partial charge in [0.2, 0.25) is 0 Å². The number of nitrogens with zero attached hydrogens (tertiary/aromatic N) is 1. The van der Waals surface area contributed by atoms with Crippen LogP contribution in [0.25, 0.3) is 0 Å². The highest BCUT2D eigenvalue weighted by Crippen LogP contribution is 2.45. The van der Waals surface area contributed by atoms with Crippen molar-refractivity contribution in [2.75, 3.05) is 13.1 Å². The summed E-state index contributed by atoms with van der Waals surface area (Å²) in [5.41, 5.74) is 7.23. The van der Waals surface area contributed by atoms with E-state index >= 15 is 0 Å². The zero-order valence-electron chi connectivity index (χ0n) is 14.2. The highest BCUT2D eigenvalue weighted by atomic mass is 15.2. The SMILES string of the molecule is CCCC1CCC(N)C(N2CCC3(CCCCC3)CC2)C1. The molecular weight excluding hydrogens is 256 g/mol. The van der Waals surface area contributed by atoms with Gasteiger partial charge in [0.15, 0.2) is 0 Å². The fourth-order valence-corrected chi connectivity index (χ4v) is 5.48. The van der Waals surface area contributed by atoms with Gasteiger partial charge < -0.3 is 5.73 Å². The Bertz CT molecular complexity index is 312. The number of piperidine rings is 1. The molecular formula is C19H36N2. The summed E-state index contributed by atoms with van der Waals surface area (Å²) in [6, 6.07) is 1.13. The number of nitrogens with two attached hydrogens (primary N) is 1. The van der Waals surface area contributed by atoms with Crippen molar-refractivity contribution in [3.8, 4) is 0 Å². The Kier molecular flexibility index (Phi) is 5.27. The molecule has 21 heavy (non-hydrogen) atoms. The maximum Gasteiger partial charge on any atom is 0.0249 e. The highest BCUT2D eigenvalue weighted by molar-refractivity contribution is 4.94. The summed E-state index contributed by atoms with van der Waals surface area (Å²) < 4.78 is 0. The molecule has 2 nitrogen and oxygen atoms in total. The average molecular weight is 293 g/mol. The van der Waals surface area contributed by atoms with Crippen LogP contribution in [0, 0.1) is 11.3 Å². The Labute approximate surface area is 131 Å². The first kappa shape index (κ1) is 15.8. The van der Waals surface area contributed by atoms with Crippen molar-refractivity contribution in [2.45, 2.75) is 96.1 Å². The van der Waals surface area contributed by atoms with E-state index < -0.39 is 0 Å². The van der Waals surface area contributed by atoms with Crippen LogP contribution in [0.2, 0.25) is 0 Å². The van der Waals surface area contributed by atoms with Crippen LogP contribution in [0.15, 0.2) is 0 Å². The number of hydrogen-bond donors (Lipinski definition) is 1. The van der Waals surface area contributed by atoms with E-state index in [0.29, 0.717) is 12.1 Å². The van der Waals surface area contributed by atoms with Crippen LogP contribution < -0.4 is 5.73 Å². The first-order chi connectivity index (χ1) is 10.2. The van der Waals surface area contributed by atoms with Crippen LogP contribution in [-0.4, -0.2) is 30.1 Å². The fourth-order valence-electron chi connectivity index (χ4n) is 5.48. The Morgan fingerprint density at radius 2 is 1.71 bits per heavy atom. The number of hydrogen-bond acceptors (Lipinski definition) is 2. The first-order valence-electron chi connectivity index (χ1n) is 9.72. The van der Waals surface area contributed by atoms with Crippen LogP contribution in [0.1, 0.15) is 84.0 Å². The van der Waals surface area contributed by atoms with Gasteiger partial charge in [0.1, 0.15) is 0 Å². The molecule has 1 spiro atoms. The summed E-state index contributed by atoms with van der Waals surface area (Å²) in [5, 5.41) is 0. The zero-order valence-corrected chi connectivity index (χ0v) is 14.2. The first-order valence-corrected chi connectivity index (χ1v) is 9.72. The minimum Gasteiger partial charge on any atom is -0.326 e. The van der Waals surface area contributed by atoms with Gasteiger partial charge in [0.25, 0.3) is 0 Å². The molecule has 0 bridgehead atoms. The summed E-state index contributed by atoms with van der Waals surface area (Å²) in [4.78, 5) is 2.78. The summed E-state index contributed by atoms with van der Waals surface area (Å²) in [6.45, 7) is 4.99. The fraction of sp³-hybridized carbons (Fsp3) is 1.00. The third-order valence-electron chi connectivity index (χ3n) is 6.92. The van der Waals surface area contributed by atoms with Crippen LogP contribution in [0.4, 0.5) is 0 Å². The number of rotatable bonds is 3. The van der Waals surface area contributed by atoms with Crippen molar-refractivity contribution in [3.63, 3.8) is 0 Å². The zero-order chi connectivity index (χ0) is 14.7. The minimum atomic E-state index is 0.443. The van der Waals surface area contributed by atoms with E-state index in [9.17, 15) is 0 Å². The maximum atomic E-state index is 6.50. The predicted molar refractivity (Wildman–Crippen MR) is 90.3 cm³/mol. The van der Waals surface area contributed by atoms with Crippen molar-refractivity contribution < 1.29 is 0 Å². The van der Waals surface area contributed by atoms with Crippen molar-refractivity contribution in [2.24, 2.45) is 17.1 Å². The molecule has 1 saturated heterocycles. The lowest BCUT2D eigenvalue weighted by molar-refractivity contribution is 0.0207. The van der Waals surface area contributed by atoms with Gasteiger partial charge >= 0.3 is 0 Å². The maximum absolute atomic E-state index is 6.50. The quantitative estimate of drug-likeness (QED) is 0.839. The van der Waals surface area contributed by atoms with Crippen LogP contribution in [0.5, 0.6) is 0 Å². The van der Waals surface area contributed by atoms with Crippen LogP contribution in [0.3, 0.4) is 0 Å². The van der Waals surface area contributed by atoms with Gasteiger partial charge in [0.05, 0.1) is 0 Å². The molecule has 2 N–H and O–H groups in total. The third kappa shape index (κ3) is 3.64. The van der Waals surface area contributed by atoms with Crippen molar-refractivity contribution >= 4 is 0 Å². The van der Waals surface area contributed by atoms with E-state index in [1.807, 2.05) is 0 Å². The van der Waals surface area contributed by atoms with Gasteiger partial charge in [-0.05, 0) is 69.4 Å². The molecule has 3 atom stereocenters. The summed E-state index contributed by atoms with van der Waals surface area (Å²) in [6.07, 6.45) is 17.2. The molecule has 0 aromatic rings. The molecule has 2 aliphatic carbocycles. The molecule has 0 aromatic carbocycles. The molecule has 122 valence electrons. The van der Waals surface area contributed by atoms with Gasteiger partial charge in [-0.25, -0.2) is 0 Å². The molecule has 3 aliphatic rings. The lowest BCUT2D eigenvalue weighted by Gasteiger charge is -2.49. The molecule has 1 aliphatic heterocycles. The highest BCUT2D eigenvalue weighted by Gasteiger charge is 2.39. The van der Waals surface area contributed by atoms with E-state index in [-0.39, 0.29) is 0 Å². The monoisotopic (exact) mass is 292 g/mol. The summed E-state index contributed by atoms with van der Waals surface area (Å²) in [7, 11) is 0. The molecule has 1 heterocycles. The van der Waals surface area contributed by atoms with Crippen LogP contribution >= 0.6 is 0 Å². The summed E-state index contributed by atoms with van der Waals surface area (Å²) in [5.74, 6) is 0.949. The second kappa shape index (κ2) is 7.00. The van der Waals surface area contributed by atoms with Gasteiger partial charge in [-0.2, -0.15) is 0 Å². The molecule has 2 heteroatoms. The minimum absolute atomic E-state index is 0.443. The molecule has 3 fully saturated rings. The number of likely N-dealkylation sites (tertiary alicyclic amines) is 1. The largest absolute Gasteiger partial charge is 0.326 e. The third-order valence-corrected chi connectivity index (χ3v) is 6.92. The average Bonchev–Trinajstić information content (AvgIpc) is 2.51. The van der Waals surface area contributed by atoms with Crippen molar-refractivity contribution in [1.82, 2.24) is 4.90 Å². The van der Waals surface area contributed by atoms with Gasteiger partial charge in [0, 0.05) is 12.1 Å². The Morgan fingerprint density at radius 3 is 2.38 bits per heavy atom. The van der Waals surface area contributed by atoms with E-state index in [4.69, 9.17) is 5.73 Å². The normalized spacial score (nSPS) is 37.7. The van der Waals surface area contributed by atoms with E-state index in [0.717, 1.165) is 11.3 Å². The Morgan fingerprint density at radius 1 is 1.00 bits per heavy atom. The topological polar surface area (TPSA) is 29.3 Å². The van der Waals surface area contributed by atoms with E-state index in [2.05, 4.69) is 11.8 Å². The van der Waals surface area contributed by atoms with Gasteiger partial charge in [-0.3, -0.25) is 4.90 Å². The molecule has 0 amide bonds. The predicted octanol–water partition coefficient (Wildman–Crippen LogP) is 4.33. The van der Waals surface area contributed by atoms with Crippen molar-refractivity contribution in [3.05, 3.63) is 0 Å². The van der Waals surface area contributed by atoms with Gasteiger partial charge in [-0.15, -0.1) is 0 Å². The lowest BCUT2D eigenvalue weighted by atomic mass is 9.67. The smallest absolute Gasteiger partial charge is 0.0249 e. The standard InChI is InChI=1S/C19H36N2/c1-2-6-16-7-8-17(20)18(15-16)21-13-11-19(12-14-21)9-4-3-5-10-19/h16-18H,2-15,20H2,1H3. The molecule has 3 unspecified atom stereocenters. The van der Waals surface area contributed by atoms with Crippen LogP contribution in [-0.2, 0) is 0 Å². The van der Waals surface area contributed by atoms with Gasteiger partial charge in [-0.1, -0.05) is 39.0 Å². The second-order valence-electron chi connectivity index (χ2n) is 8.30. The second-order valence-corrected chi connectivity index (χ2v) is 8.30. The molecule has 3 rings (SSSR count). The summed E-state index contributed by atoms with van der Waals surface area (Å²) >= 11 is 0. The Balaban J connectivity index is 1.55.